The molecule has 102 valence electrons. The summed E-state index contributed by atoms with van der Waals surface area (Å²) in [5, 5.41) is 8.88. The highest BCUT2D eigenvalue weighted by atomic mass is 79.9. The highest BCUT2D eigenvalue weighted by Crippen LogP contribution is 2.23. The summed E-state index contributed by atoms with van der Waals surface area (Å²) in [4.78, 5) is 10.8. The van der Waals surface area contributed by atoms with Gasteiger partial charge in [-0.25, -0.2) is 4.79 Å². The van der Waals surface area contributed by atoms with E-state index in [9.17, 15) is 4.79 Å². The maximum Gasteiger partial charge on any atom is 0.344 e. The van der Waals surface area contributed by atoms with Crippen LogP contribution < -0.4 is 4.74 Å². The number of aliphatic carboxylic acids is 1. The Kier molecular flexibility index (Phi) is 5.21. The molecule has 0 saturated carbocycles. The van der Waals surface area contributed by atoms with E-state index in [0.717, 1.165) is 4.47 Å². The van der Waals surface area contributed by atoms with Crippen molar-refractivity contribution in [2.75, 3.05) is 0 Å². The molecule has 5 heteroatoms. The molecule has 0 aliphatic rings. The molecule has 0 aromatic heterocycles. The summed E-state index contributed by atoms with van der Waals surface area (Å²) in [5.41, 5.74) is 3.96. The number of carbonyl (C=O) groups is 1. The third-order valence-electron chi connectivity index (χ3n) is 2.17. The molecule has 0 heterocycles. The number of ether oxygens (including phenoxy) is 1. The summed E-state index contributed by atoms with van der Waals surface area (Å²) in [5.74, 6) is 2.61. The fraction of sp³-hybridized carbons (Fsp3) is 0.357. The van der Waals surface area contributed by atoms with E-state index in [0.29, 0.717) is 11.3 Å². The van der Waals surface area contributed by atoms with Crippen LogP contribution in [-0.2, 0) is 4.79 Å². The third-order valence-corrected chi connectivity index (χ3v) is 3.53. The van der Waals surface area contributed by atoms with Gasteiger partial charge in [-0.2, -0.15) is 0 Å². The molecule has 19 heavy (non-hydrogen) atoms. The molecule has 0 radical (unpaired) electrons. The Morgan fingerprint density at radius 2 is 2.05 bits per heavy atom. The van der Waals surface area contributed by atoms with Crippen molar-refractivity contribution in [3.05, 3.63) is 28.2 Å². The first kappa shape index (κ1) is 15.8. The molecule has 0 aliphatic carbocycles. The van der Waals surface area contributed by atoms with Gasteiger partial charge in [0.05, 0.1) is 5.56 Å². The van der Waals surface area contributed by atoms with Gasteiger partial charge >= 0.3 is 5.97 Å². The second-order valence-electron chi connectivity index (χ2n) is 5.24. The van der Waals surface area contributed by atoms with Crippen LogP contribution in [0.2, 0.25) is 19.6 Å². The molecule has 1 aromatic rings. The van der Waals surface area contributed by atoms with Crippen molar-refractivity contribution in [3.8, 4) is 17.2 Å². The quantitative estimate of drug-likeness (QED) is 0.676. The van der Waals surface area contributed by atoms with Crippen molar-refractivity contribution in [3.63, 3.8) is 0 Å². The molecule has 0 saturated heterocycles. The van der Waals surface area contributed by atoms with Gasteiger partial charge in [-0.05, 0) is 25.1 Å². The van der Waals surface area contributed by atoms with Crippen LogP contribution in [0.4, 0.5) is 0 Å². The highest BCUT2D eigenvalue weighted by molar-refractivity contribution is 9.10. The van der Waals surface area contributed by atoms with Crippen LogP contribution in [0.5, 0.6) is 5.75 Å². The van der Waals surface area contributed by atoms with Gasteiger partial charge in [0.1, 0.15) is 13.8 Å². The van der Waals surface area contributed by atoms with Crippen LogP contribution in [0, 0.1) is 11.5 Å². The van der Waals surface area contributed by atoms with Crippen LogP contribution in [-0.4, -0.2) is 25.3 Å². The minimum atomic E-state index is -1.49. The molecule has 1 atom stereocenters. The van der Waals surface area contributed by atoms with Gasteiger partial charge in [0, 0.05) is 4.47 Å². The lowest BCUT2D eigenvalue weighted by Gasteiger charge is -2.12. The van der Waals surface area contributed by atoms with E-state index in [4.69, 9.17) is 9.84 Å². The van der Waals surface area contributed by atoms with E-state index >= 15 is 0 Å². The topological polar surface area (TPSA) is 46.5 Å². The number of hydrogen-bond acceptors (Lipinski definition) is 2. The first-order valence-electron chi connectivity index (χ1n) is 5.91. The Balaban J connectivity index is 3.11. The van der Waals surface area contributed by atoms with Crippen molar-refractivity contribution in [2.45, 2.75) is 32.7 Å². The molecule has 3 nitrogen and oxygen atoms in total. The summed E-state index contributed by atoms with van der Waals surface area (Å²) in [6.45, 7) is 7.95. The van der Waals surface area contributed by atoms with Gasteiger partial charge in [0.25, 0.3) is 0 Å². The largest absolute Gasteiger partial charge is 0.479 e. The van der Waals surface area contributed by atoms with Crippen molar-refractivity contribution >= 4 is 30.0 Å². The molecule has 1 rings (SSSR count). The maximum atomic E-state index is 10.8. The van der Waals surface area contributed by atoms with Crippen molar-refractivity contribution in [2.24, 2.45) is 0 Å². The standard InChI is InChI=1S/C14H17BrO3Si/c1-10(14(16)17)18-13-6-5-12(15)9-11(13)7-8-19(2,3)4/h5-6,9-10H,1-4H3,(H,16,17). The van der Waals surface area contributed by atoms with Gasteiger partial charge in [-0.15, -0.1) is 5.54 Å². The van der Waals surface area contributed by atoms with Gasteiger partial charge in [0.15, 0.2) is 6.10 Å². The third kappa shape index (κ3) is 5.49. The fourth-order valence-corrected chi connectivity index (χ4v) is 2.07. The fourth-order valence-electron chi connectivity index (χ4n) is 1.20. The normalized spacial score (nSPS) is 12.3. The molecule has 0 spiro atoms. The molecule has 0 fully saturated rings. The summed E-state index contributed by atoms with van der Waals surface area (Å²) in [7, 11) is -1.49. The Labute approximate surface area is 123 Å². The number of halogens is 1. The molecule has 1 unspecified atom stereocenters. The zero-order chi connectivity index (χ0) is 14.6. The Morgan fingerprint density at radius 3 is 2.58 bits per heavy atom. The second-order valence-corrected chi connectivity index (χ2v) is 10.9. The second kappa shape index (κ2) is 6.26. The number of carboxylic acids is 1. The number of rotatable bonds is 3. The smallest absolute Gasteiger partial charge is 0.344 e. The van der Waals surface area contributed by atoms with Gasteiger partial charge in [-0.1, -0.05) is 41.5 Å². The van der Waals surface area contributed by atoms with Gasteiger partial charge in [0.2, 0.25) is 0 Å². The van der Waals surface area contributed by atoms with Crippen LogP contribution >= 0.6 is 15.9 Å². The first-order valence-corrected chi connectivity index (χ1v) is 10.2. The predicted octanol–water partition coefficient (Wildman–Crippen LogP) is 3.53. The van der Waals surface area contributed by atoms with Gasteiger partial charge in [-0.3, -0.25) is 0 Å². The summed E-state index contributed by atoms with van der Waals surface area (Å²) in [6.07, 6.45) is -0.895. The zero-order valence-electron chi connectivity index (χ0n) is 11.5. The van der Waals surface area contributed by atoms with E-state index < -0.39 is 20.1 Å². The monoisotopic (exact) mass is 340 g/mol. The number of carboxylic acid groups (broad SMARTS) is 1. The van der Waals surface area contributed by atoms with Crippen molar-refractivity contribution in [1.82, 2.24) is 0 Å². The summed E-state index contributed by atoms with van der Waals surface area (Å²) < 4.78 is 6.31. The van der Waals surface area contributed by atoms with Crippen LogP contribution in [0.15, 0.2) is 22.7 Å². The molecular formula is C14H17BrO3Si. The van der Waals surface area contributed by atoms with E-state index in [-0.39, 0.29) is 0 Å². The minimum absolute atomic E-state index is 0.504. The average Bonchev–Trinajstić information content (AvgIpc) is 2.28. The van der Waals surface area contributed by atoms with E-state index in [1.807, 2.05) is 12.1 Å². The van der Waals surface area contributed by atoms with Crippen LogP contribution in [0.1, 0.15) is 12.5 Å². The van der Waals surface area contributed by atoms with E-state index in [2.05, 4.69) is 47.0 Å². The summed E-state index contributed by atoms with van der Waals surface area (Å²) >= 11 is 3.38. The summed E-state index contributed by atoms with van der Waals surface area (Å²) in [6, 6.07) is 5.39. The highest BCUT2D eigenvalue weighted by Gasteiger charge is 2.15. The van der Waals surface area contributed by atoms with Crippen LogP contribution in [0.25, 0.3) is 0 Å². The van der Waals surface area contributed by atoms with Crippen molar-refractivity contribution < 1.29 is 14.6 Å². The average molecular weight is 341 g/mol. The predicted molar refractivity (Wildman–Crippen MR) is 82.1 cm³/mol. The maximum absolute atomic E-state index is 10.8. The SMILES string of the molecule is CC(Oc1ccc(Br)cc1C#C[Si](C)(C)C)C(=O)O. The molecule has 0 bridgehead atoms. The first-order chi connectivity index (χ1) is 8.69. The molecule has 1 aromatic carbocycles. The van der Waals surface area contributed by atoms with Crippen LogP contribution in [0.3, 0.4) is 0 Å². The van der Waals surface area contributed by atoms with E-state index in [1.54, 1.807) is 6.07 Å². The Morgan fingerprint density at radius 1 is 1.42 bits per heavy atom. The minimum Gasteiger partial charge on any atom is -0.479 e. The molecule has 0 amide bonds. The number of hydrogen-bond donors (Lipinski definition) is 1. The van der Waals surface area contributed by atoms with Crippen molar-refractivity contribution in [1.29, 1.82) is 0 Å². The van der Waals surface area contributed by atoms with Gasteiger partial charge < -0.3 is 9.84 Å². The lowest BCUT2D eigenvalue weighted by atomic mass is 10.2. The number of benzene rings is 1. The Hall–Kier alpha value is -1.25. The van der Waals surface area contributed by atoms with E-state index in [1.165, 1.54) is 6.92 Å². The molecule has 1 N–H and O–H groups in total. The zero-order valence-corrected chi connectivity index (χ0v) is 14.0. The lowest BCUT2D eigenvalue weighted by Crippen LogP contribution is -2.23. The molecule has 0 aliphatic heterocycles. The molecular weight excluding hydrogens is 324 g/mol. The lowest BCUT2D eigenvalue weighted by molar-refractivity contribution is -0.144. The Bertz CT molecular complexity index is 538.